The summed E-state index contributed by atoms with van der Waals surface area (Å²) in [6, 6.07) is 1.72. The van der Waals surface area contributed by atoms with Gasteiger partial charge in [0.15, 0.2) is 0 Å². The maximum atomic E-state index is 9.20. The molecule has 0 unspecified atom stereocenters. The van der Waals surface area contributed by atoms with Crippen LogP contribution in [0, 0.1) is 6.92 Å². The van der Waals surface area contributed by atoms with Gasteiger partial charge in [-0.15, -0.1) is 0 Å². The van der Waals surface area contributed by atoms with Crippen molar-refractivity contribution in [2.45, 2.75) is 6.92 Å². The molecule has 2 heterocycles. The molecule has 56 valence electrons. The first-order chi connectivity index (χ1) is 5.29. The molecular weight excluding hydrogens is 142 g/mol. The minimum absolute atomic E-state index is 0.757. The summed E-state index contributed by atoms with van der Waals surface area (Å²) in [5.74, 6) is 0. The second kappa shape index (κ2) is 1.95. The molecule has 11 heavy (non-hydrogen) atoms. The van der Waals surface area contributed by atoms with Crippen molar-refractivity contribution in [2.24, 2.45) is 0 Å². The van der Waals surface area contributed by atoms with Crippen LogP contribution in [0.4, 0.5) is 0 Å². The predicted molar refractivity (Wildman–Crippen MR) is 38.6 cm³/mol. The normalized spacial score (nSPS) is 10.6. The Bertz CT molecular complexity index is 355. The average molecular weight is 149 g/mol. The Balaban J connectivity index is 2.81. The van der Waals surface area contributed by atoms with Gasteiger partial charge in [0.25, 0.3) is 0 Å². The van der Waals surface area contributed by atoms with E-state index in [0.29, 0.717) is 0 Å². The highest BCUT2D eigenvalue weighted by Crippen LogP contribution is 2.20. The minimum atomic E-state index is 0.757. The highest BCUT2D eigenvalue weighted by molar-refractivity contribution is 5.61. The Morgan fingerprint density at radius 3 is 3.18 bits per heavy atom. The van der Waals surface area contributed by atoms with Crippen LogP contribution in [0.5, 0.6) is 0 Å². The topological polar surface area (TPSA) is 50.9 Å². The van der Waals surface area contributed by atoms with Crippen molar-refractivity contribution in [3.8, 4) is 11.3 Å². The zero-order chi connectivity index (χ0) is 7.84. The van der Waals surface area contributed by atoms with E-state index in [9.17, 15) is 5.21 Å². The number of pyridine rings is 1. The summed E-state index contributed by atoms with van der Waals surface area (Å²) in [6.07, 6.45) is 3.18. The molecule has 0 bridgehead atoms. The van der Waals surface area contributed by atoms with Gasteiger partial charge in [-0.3, -0.25) is 0 Å². The molecule has 0 amide bonds. The molecule has 0 aliphatic carbocycles. The number of nitrogens with zero attached hydrogens (tertiary/aromatic N) is 3. The smallest absolute Gasteiger partial charge is 0.0979 e. The summed E-state index contributed by atoms with van der Waals surface area (Å²) in [5.41, 5.74) is 2.45. The fourth-order valence-corrected chi connectivity index (χ4v) is 1.05. The van der Waals surface area contributed by atoms with E-state index in [1.165, 1.54) is 0 Å². The van der Waals surface area contributed by atoms with E-state index in [1.807, 2.05) is 6.92 Å². The SMILES string of the molecule is Cc1c2cnnc-2ccn1O. The summed E-state index contributed by atoms with van der Waals surface area (Å²) in [4.78, 5) is 0. The first kappa shape index (κ1) is 6.15. The van der Waals surface area contributed by atoms with Crippen molar-refractivity contribution in [2.75, 3.05) is 0 Å². The lowest BCUT2D eigenvalue weighted by Crippen LogP contribution is -1.98. The van der Waals surface area contributed by atoms with Gasteiger partial charge in [0.05, 0.1) is 17.6 Å². The first-order valence-corrected chi connectivity index (χ1v) is 3.27. The summed E-state index contributed by atoms with van der Waals surface area (Å²) in [6.45, 7) is 1.81. The average Bonchev–Trinajstić information content (AvgIpc) is 2.45. The van der Waals surface area contributed by atoms with E-state index in [0.717, 1.165) is 21.7 Å². The van der Waals surface area contributed by atoms with Crippen LogP contribution in [0.1, 0.15) is 5.69 Å². The Kier molecular flexibility index (Phi) is 1.09. The second-order valence-corrected chi connectivity index (χ2v) is 2.39. The van der Waals surface area contributed by atoms with E-state index < -0.39 is 0 Å². The van der Waals surface area contributed by atoms with E-state index >= 15 is 0 Å². The third kappa shape index (κ3) is 0.756. The minimum Gasteiger partial charge on any atom is -0.429 e. The van der Waals surface area contributed by atoms with Crippen LogP contribution in [-0.4, -0.2) is 20.1 Å². The van der Waals surface area contributed by atoms with Crippen molar-refractivity contribution in [3.63, 3.8) is 0 Å². The molecule has 4 nitrogen and oxygen atoms in total. The molecule has 2 aliphatic rings. The van der Waals surface area contributed by atoms with Gasteiger partial charge in [0.1, 0.15) is 0 Å². The van der Waals surface area contributed by atoms with Gasteiger partial charge < -0.3 is 5.21 Å². The molecule has 0 aromatic carbocycles. The molecule has 0 aromatic heterocycles. The summed E-state index contributed by atoms with van der Waals surface area (Å²) in [7, 11) is 0. The molecule has 0 spiro atoms. The summed E-state index contributed by atoms with van der Waals surface area (Å²) in [5, 5.41) is 16.8. The molecule has 0 saturated heterocycles. The third-order valence-electron chi connectivity index (χ3n) is 1.74. The van der Waals surface area contributed by atoms with Gasteiger partial charge in [-0.25, -0.2) is 0 Å². The van der Waals surface area contributed by atoms with Crippen LogP contribution in [0.25, 0.3) is 11.3 Å². The molecule has 2 aliphatic heterocycles. The van der Waals surface area contributed by atoms with Gasteiger partial charge in [-0.05, 0) is 13.0 Å². The lowest BCUT2D eigenvalue weighted by atomic mass is 10.2. The van der Waals surface area contributed by atoms with Gasteiger partial charge >= 0.3 is 0 Å². The van der Waals surface area contributed by atoms with Crippen molar-refractivity contribution >= 4 is 0 Å². The van der Waals surface area contributed by atoms with Gasteiger partial charge in [-0.1, -0.05) is 0 Å². The highest BCUT2D eigenvalue weighted by Gasteiger charge is 2.09. The lowest BCUT2D eigenvalue weighted by molar-refractivity contribution is 0.178. The zero-order valence-corrected chi connectivity index (χ0v) is 6.02. The van der Waals surface area contributed by atoms with Crippen LogP contribution >= 0.6 is 0 Å². The molecule has 2 rings (SSSR count). The molecule has 0 radical (unpaired) electrons. The predicted octanol–water partition coefficient (Wildman–Crippen LogP) is 0.929. The molecule has 0 aromatic rings. The molecule has 0 fully saturated rings. The highest BCUT2D eigenvalue weighted by atomic mass is 16.5. The Hall–Kier alpha value is -1.58. The van der Waals surface area contributed by atoms with Gasteiger partial charge in [-0.2, -0.15) is 14.9 Å². The third-order valence-corrected chi connectivity index (χ3v) is 1.74. The van der Waals surface area contributed by atoms with E-state index in [4.69, 9.17) is 0 Å². The molecule has 0 atom stereocenters. The van der Waals surface area contributed by atoms with Crippen LogP contribution in [0.15, 0.2) is 18.5 Å². The molecular formula is C7H7N3O. The maximum absolute atomic E-state index is 9.20. The Morgan fingerprint density at radius 1 is 1.55 bits per heavy atom. The van der Waals surface area contributed by atoms with E-state index in [2.05, 4.69) is 10.2 Å². The van der Waals surface area contributed by atoms with Crippen molar-refractivity contribution in [3.05, 3.63) is 24.2 Å². The van der Waals surface area contributed by atoms with E-state index in [-0.39, 0.29) is 0 Å². The van der Waals surface area contributed by atoms with Crippen LogP contribution < -0.4 is 0 Å². The number of fused-ring (bicyclic) bond motifs is 1. The standard InChI is InChI=1S/C7H7N3O/c1-5-6-4-8-9-7(6)2-3-10(5)11/h2-4,11H,1H3. The largest absolute Gasteiger partial charge is 0.429 e. The molecule has 4 heteroatoms. The fraction of sp³-hybridized carbons (Fsp3) is 0.143. The molecule has 1 N–H and O–H groups in total. The van der Waals surface area contributed by atoms with Crippen LogP contribution in [0.2, 0.25) is 0 Å². The summed E-state index contributed by atoms with van der Waals surface area (Å²) < 4.78 is 1.06. The Labute approximate surface area is 63.4 Å². The number of hydrogen-bond donors (Lipinski definition) is 1. The number of rotatable bonds is 0. The Morgan fingerprint density at radius 2 is 2.36 bits per heavy atom. The number of hydrogen-bond acceptors (Lipinski definition) is 3. The maximum Gasteiger partial charge on any atom is 0.0979 e. The fourth-order valence-electron chi connectivity index (χ4n) is 1.05. The van der Waals surface area contributed by atoms with Crippen molar-refractivity contribution in [1.29, 1.82) is 0 Å². The second-order valence-electron chi connectivity index (χ2n) is 2.39. The monoisotopic (exact) mass is 149 g/mol. The van der Waals surface area contributed by atoms with Crippen molar-refractivity contribution < 1.29 is 5.21 Å². The van der Waals surface area contributed by atoms with Gasteiger partial charge in [0, 0.05) is 11.8 Å². The summed E-state index contributed by atoms with van der Waals surface area (Å²) >= 11 is 0. The zero-order valence-electron chi connectivity index (χ0n) is 6.02. The number of aromatic nitrogens is 3. The first-order valence-electron chi connectivity index (χ1n) is 3.27. The van der Waals surface area contributed by atoms with Crippen molar-refractivity contribution in [1.82, 2.24) is 14.9 Å². The van der Waals surface area contributed by atoms with Crippen LogP contribution in [0.3, 0.4) is 0 Å². The van der Waals surface area contributed by atoms with Crippen LogP contribution in [-0.2, 0) is 0 Å². The van der Waals surface area contributed by atoms with Gasteiger partial charge in [0.2, 0.25) is 0 Å². The molecule has 0 saturated carbocycles. The lowest BCUT2D eigenvalue weighted by Gasteiger charge is -2.04. The quantitative estimate of drug-likeness (QED) is 0.567. The van der Waals surface area contributed by atoms with E-state index in [1.54, 1.807) is 18.5 Å².